The van der Waals surface area contributed by atoms with E-state index < -0.39 is 0 Å². The van der Waals surface area contributed by atoms with Crippen molar-refractivity contribution in [2.45, 2.75) is 0 Å². The topological polar surface area (TPSA) is 44.4 Å². The average Bonchev–Trinajstić information content (AvgIpc) is 2.34. The molecule has 18 heavy (non-hydrogen) atoms. The molecule has 0 spiro atoms. The van der Waals surface area contributed by atoms with E-state index in [1.165, 1.54) is 0 Å². The third-order valence-electron chi connectivity index (χ3n) is 2.78. The number of benzene rings is 1. The Morgan fingerprint density at radius 3 is 2.83 bits per heavy atom. The van der Waals surface area contributed by atoms with Crippen LogP contribution in [-0.2, 0) is 4.79 Å². The van der Waals surface area contributed by atoms with Crippen molar-refractivity contribution in [1.82, 2.24) is 10.2 Å². The molecule has 0 radical (unpaired) electrons. The van der Waals surface area contributed by atoms with Gasteiger partial charge in [0.05, 0.1) is 12.2 Å². The van der Waals surface area contributed by atoms with E-state index in [1.54, 1.807) is 6.07 Å². The summed E-state index contributed by atoms with van der Waals surface area (Å²) in [5.41, 5.74) is 0.820. The molecule has 2 rings (SSSR count). The van der Waals surface area contributed by atoms with Gasteiger partial charge < -0.3 is 10.6 Å². The normalized spacial score (nSPS) is 16.6. The molecule has 6 heteroatoms. The van der Waals surface area contributed by atoms with Gasteiger partial charge in [0.2, 0.25) is 5.91 Å². The van der Waals surface area contributed by atoms with Crippen molar-refractivity contribution >= 4 is 45.8 Å². The number of anilines is 1. The molecule has 1 aliphatic heterocycles. The van der Waals surface area contributed by atoms with Crippen molar-refractivity contribution < 1.29 is 4.79 Å². The van der Waals surface area contributed by atoms with Gasteiger partial charge in [-0.2, -0.15) is 0 Å². The first-order valence-corrected chi connectivity index (χ1v) is 7.29. The number of halogens is 2. The molecule has 0 atom stereocenters. The van der Waals surface area contributed by atoms with Crippen molar-refractivity contribution in [3.05, 3.63) is 26.8 Å². The van der Waals surface area contributed by atoms with Gasteiger partial charge in [-0.05, 0) is 40.8 Å². The summed E-state index contributed by atoms with van der Waals surface area (Å²) in [6.45, 7) is 4.19. The number of rotatable bonds is 3. The van der Waals surface area contributed by atoms with Gasteiger partial charge in [-0.1, -0.05) is 11.6 Å². The van der Waals surface area contributed by atoms with E-state index in [0.29, 0.717) is 11.6 Å². The van der Waals surface area contributed by atoms with E-state index in [2.05, 4.69) is 38.1 Å². The van der Waals surface area contributed by atoms with Gasteiger partial charge in [0.15, 0.2) is 0 Å². The number of nitrogens with one attached hydrogen (secondary N) is 2. The van der Waals surface area contributed by atoms with E-state index in [0.717, 1.165) is 35.4 Å². The SMILES string of the molecule is O=C(CN1CCNCC1)Nc1ccc(Cl)cc1I. The molecule has 0 aliphatic carbocycles. The van der Waals surface area contributed by atoms with Gasteiger partial charge in [-0.15, -0.1) is 0 Å². The number of piperazine rings is 1. The summed E-state index contributed by atoms with van der Waals surface area (Å²) in [7, 11) is 0. The van der Waals surface area contributed by atoms with Crippen molar-refractivity contribution in [2.24, 2.45) is 0 Å². The minimum Gasteiger partial charge on any atom is -0.324 e. The average molecular weight is 380 g/mol. The summed E-state index contributed by atoms with van der Waals surface area (Å²) < 4.78 is 0.953. The van der Waals surface area contributed by atoms with Crippen LogP contribution in [0.25, 0.3) is 0 Å². The molecule has 0 aromatic heterocycles. The first kappa shape index (κ1) is 14.0. The summed E-state index contributed by atoms with van der Waals surface area (Å²) in [5, 5.41) is 6.86. The molecule has 1 aromatic rings. The summed E-state index contributed by atoms with van der Waals surface area (Å²) in [6, 6.07) is 5.45. The van der Waals surface area contributed by atoms with Crippen LogP contribution in [-0.4, -0.2) is 43.5 Å². The number of nitrogens with zero attached hydrogens (tertiary/aromatic N) is 1. The smallest absolute Gasteiger partial charge is 0.238 e. The van der Waals surface area contributed by atoms with Crippen molar-refractivity contribution in [3.8, 4) is 0 Å². The zero-order valence-electron chi connectivity index (χ0n) is 9.88. The highest BCUT2D eigenvalue weighted by Gasteiger charge is 2.14. The molecular formula is C12H15ClIN3O. The van der Waals surface area contributed by atoms with E-state index in [9.17, 15) is 4.79 Å². The summed E-state index contributed by atoms with van der Waals surface area (Å²) in [6.07, 6.45) is 0. The van der Waals surface area contributed by atoms with Crippen LogP contribution in [0.4, 0.5) is 5.69 Å². The number of carbonyl (C=O) groups excluding carboxylic acids is 1. The zero-order valence-corrected chi connectivity index (χ0v) is 12.8. The molecular weight excluding hydrogens is 365 g/mol. The Morgan fingerprint density at radius 1 is 1.44 bits per heavy atom. The Kier molecular flexibility index (Phi) is 5.23. The molecule has 0 saturated carbocycles. The minimum absolute atomic E-state index is 0.0251. The van der Waals surface area contributed by atoms with Crippen molar-refractivity contribution in [2.75, 3.05) is 38.0 Å². The highest BCUT2D eigenvalue weighted by atomic mass is 127. The van der Waals surface area contributed by atoms with Crippen LogP contribution in [0.3, 0.4) is 0 Å². The van der Waals surface area contributed by atoms with Gasteiger partial charge in [0, 0.05) is 34.8 Å². The van der Waals surface area contributed by atoms with Gasteiger partial charge >= 0.3 is 0 Å². The second-order valence-electron chi connectivity index (χ2n) is 4.20. The first-order chi connectivity index (χ1) is 8.65. The molecule has 4 nitrogen and oxygen atoms in total. The summed E-state index contributed by atoms with van der Waals surface area (Å²) >= 11 is 8.04. The minimum atomic E-state index is 0.0251. The lowest BCUT2D eigenvalue weighted by Gasteiger charge is -2.26. The van der Waals surface area contributed by atoms with Gasteiger partial charge in [-0.25, -0.2) is 0 Å². The molecule has 1 aliphatic rings. The van der Waals surface area contributed by atoms with Crippen LogP contribution in [0, 0.1) is 3.57 Å². The monoisotopic (exact) mass is 379 g/mol. The predicted octanol–water partition coefficient (Wildman–Crippen LogP) is 1.79. The van der Waals surface area contributed by atoms with Gasteiger partial charge in [0.25, 0.3) is 0 Å². The molecule has 1 amide bonds. The summed E-state index contributed by atoms with van der Waals surface area (Å²) in [5.74, 6) is 0.0251. The largest absolute Gasteiger partial charge is 0.324 e. The fourth-order valence-electron chi connectivity index (χ4n) is 1.85. The predicted molar refractivity (Wildman–Crippen MR) is 82.1 cm³/mol. The Morgan fingerprint density at radius 2 is 2.17 bits per heavy atom. The number of carbonyl (C=O) groups is 1. The molecule has 1 heterocycles. The van der Waals surface area contributed by atoms with Crippen LogP contribution < -0.4 is 10.6 Å². The molecule has 1 fully saturated rings. The van der Waals surface area contributed by atoms with Gasteiger partial charge in [-0.3, -0.25) is 9.69 Å². The van der Waals surface area contributed by atoms with Gasteiger partial charge in [0.1, 0.15) is 0 Å². The molecule has 1 saturated heterocycles. The highest BCUT2D eigenvalue weighted by molar-refractivity contribution is 14.1. The van der Waals surface area contributed by atoms with Crippen molar-refractivity contribution in [3.63, 3.8) is 0 Å². The first-order valence-electron chi connectivity index (χ1n) is 5.83. The quantitative estimate of drug-likeness (QED) is 0.787. The number of hydrogen-bond acceptors (Lipinski definition) is 3. The molecule has 0 bridgehead atoms. The Balaban J connectivity index is 1.90. The fraction of sp³-hybridized carbons (Fsp3) is 0.417. The molecule has 1 aromatic carbocycles. The third-order valence-corrected chi connectivity index (χ3v) is 3.91. The standard InChI is InChI=1S/C12H15ClIN3O/c13-9-1-2-11(10(14)7-9)16-12(18)8-17-5-3-15-4-6-17/h1-2,7,15H,3-6,8H2,(H,16,18). The lowest BCUT2D eigenvalue weighted by Crippen LogP contribution is -2.46. The maximum Gasteiger partial charge on any atom is 0.238 e. The van der Waals surface area contributed by atoms with E-state index in [4.69, 9.17) is 11.6 Å². The molecule has 0 unspecified atom stereocenters. The van der Waals surface area contributed by atoms with Crippen LogP contribution in [0.1, 0.15) is 0 Å². The second kappa shape index (κ2) is 6.70. The highest BCUT2D eigenvalue weighted by Crippen LogP contribution is 2.22. The summed E-state index contributed by atoms with van der Waals surface area (Å²) in [4.78, 5) is 14.1. The van der Waals surface area contributed by atoms with Crippen LogP contribution in [0.2, 0.25) is 5.02 Å². The van der Waals surface area contributed by atoms with Crippen LogP contribution in [0.15, 0.2) is 18.2 Å². The zero-order chi connectivity index (χ0) is 13.0. The Bertz CT molecular complexity index is 435. The Hall–Kier alpha value is -0.370. The van der Waals surface area contributed by atoms with E-state index in [1.807, 2.05) is 12.1 Å². The van der Waals surface area contributed by atoms with E-state index in [-0.39, 0.29) is 5.91 Å². The molecule has 2 N–H and O–H groups in total. The maximum atomic E-state index is 11.9. The van der Waals surface area contributed by atoms with Crippen LogP contribution >= 0.6 is 34.2 Å². The Labute approximate surface area is 125 Å². The maximum absolute atomic E-state index is 11.9. The molecule has 98 valence electrons. The second-order valence-corrected chi connectivity index (χ2v) is 5.80. The fourth-order valence-corrected chi connectivity index (χ4v) is 2.86. The number of amides is 1. The number of hydrogen-bond donors (Lipinski definition) is 2. The third kappa shape index (κ3) is 4.08. The van der Waals surface area contributed by atoms with Crippen LogP contribution in [0.5, 0.6) is 0 Å². The van der Waals surface area contributed by atoms with E-state index >= 15 is 0 Å². The lowest BCUT2D eigenvalue weighted by atomic mass is 10.3. The lowest BCUT2D eigenvalue weighted by molar-refractivity contribution is -0.117. The van der Waals surface area contributed by atoms with Crippen molar-refractivity contribution in [1.29, 1.82) is 0 Å².